The number of ether oxygens (including phenoxy) is 1. The van der Waals surface area contributed by atoms with Crippen molar-refractivity contribution in [1.82, 2.24) is 0 Å². The van der Waals surface area contributed by atoms with Gasteiger partial charge in [0.05, 0.1) is 23.0 Å². The molecule has 0 N–H and O–H groups in total. The van der Waals surface area contributed by atoms with E-state index in [9.17, 15) is 4.21 Å². The fourth-order valence-electron chi connectivity index (χ4n) is 2.06. The van der Waals surface area contributed by atoms with Crippen LogP contribution in [0.2, 0.25) is 0 Å². The first-order chi connectivity index (χ1) is 8.20. The van der Waals surface area contributed by atoms with E-state index in [4.69, 9.17) is 10.00 Å². The van der Waals surface area contributed by atoms with E-state index in [1.807, 2.05) is 19.1 Å². The molecule has 2 rings (SSSR count). The molecule has 0 bridgehead atoms. The summed E-state index contributed by atoms with van der Waals surface area (Å²) in [4.78, 5) is 0. The summed E-state index contributed by atoms with van der Waals surface area (Å²) in [6.45, 7) is 2.68. The second kappa shape index (κ2) is 5.44. The number of benzene rings is 1. The van der Waals surface area contributed by atoms with Crippen molar-refractivity contribution in [3.8, 4) is 6.07 Å². The van der Waals surface area contributed by atoms with Crippen LogP contribution in [-0.4, -0.2) is 22.2 Å². The van der Waals surface area contributed by atoms with Gasteiger partial charge >= 0.3 is 0 Å². The third-order valence-electron chi connectivity index (χ3n) is 3.01. The number of rotatable bonds is 3. The van der Waals surface area contributed by atoms with Gasteiger partial charge in [0.25, 0.3) is 0 Å². The maximum Gasteiger partial charge on any atom is 0.0991 e. The maximum absolute atomic E-state index is 12.2. The summed E-state index contributed by atoms with van der Waals surface area (Å²) in [6.07, 6.45) is 0.945. The SMILES string of the molecule is CC1OCCC1S(=O)Cc1cccc(C#N)c1. The Hall–Kier alpha value is -1.18. The lowest BCUT2D eigenvalue weighted by Crippen LogP contribution is -2.24. The molecule has 4 heteroatoms. The Morgan fingerprint density at radius 1 is 1.59 bits per heavy atom. The van der Waals surface area contributed by atoms with Gasteiger partial charge in [-0.3, -0.25) is 4.21 Å². The fraction of sp³-hybridized carbons (Fsp3) is 0.462. The van der Waals surface area contributed by atoms with E-state index in [-0.39, 0.29) is 11.4 Å². The van der Waals surface area contributed by atoms with E-state index in [1.54, 1.807) is 12.1 Å². The molecule has 0 radical (unpaired) electrons. The van der Waals surface area contributed by atoms with Gasteiger partial charge in [-0.15, -0.1) is 0 Å². The molecule has 90 valence electrons. The predicted molar refractivity (Wildman–Crippen MR) is 66.8 cm³/mol. The van der Waals surface area contributed by atoms with E-state index in [2.05, 4.69) is 6.07 Å². The van der Waals surface area contributed by atoms with Gasteiger partial charge in [-0.2, -0.15) is 5.26 Å². The Balaban J connectivity index is 2.05. The summed E-state index contributed by atoms with van der Waals surface area (Å²) in [5, 5.41) is 8.93. The second-order valence-electron chi connectivity index (χ2n) is 4.24. The standard InChI is InChI=1S/C13H15NO2S/c1-10-13(5-6-16-10)17(15)9-12-4-2-3-11(7-12)8-14/h2-4,7,10,13H,5-6,9H2,1H3. The first kappa shape index (κ1) is 12.3. The minimum Gasteiger partial charge on any atom is -0.377 e. The Labute approximate surface area is 104 Å². The van der Waals surface area contributed by atoms with Crippen LogP contribution in [-0.2, 0) is 21.3 Å². The molecular weight excluding hydrogens is 234 g/mol. The zero-order chi connectivity index (χ0) is 12.3. The van der Waals surface area contributed by atoms with Gasteiger partial charge in [0.1, 0.15) is 0 Å². The molecule has 3 unspecified atom stereocenters. The van der Waals surface area contributed by atoms with Gasteiger partial charge in [-0.25, -0.2) is 0 Å². The zero-order valence-electron chi connectivity index (χ0n) is 9.76. The number of nitriles is 1. The zero-order valence-corrected chi connectivity index (χ0v) is 10.6. The normalized spacial score (nSPS) is 25.4. The van der Waals surface area contributed by atoms with Gasteiger partial charge in [0, 0.05) is 23.2 Å². The summed E-state index contributed by atoms with van der Waals surface area (Å²) >= 11 is 0. The highest BCUT2D eigenvalue weighted by Crippen LogP contribution is 2.21. The van der Waals surface area contributed by atoms with Crippen LogP contribution in [0.1, 0.15) is 24.5 Å². The van der Waals surface area contributed by atoms with Crippen LogP contribution in [0.5, 0.6) is 0 Å². The van der Waals surface area contributed by atoms with E-state index < -0.39 is 10.8 Å². The summed E-state index contributed by atoms with van der Waals surface area (Å²) in [6, 6.07) is 9.41. The molecule has 1 aromatic carbocycles. The van der Waals surface area contributed by atoms with Crippen molar-refractivity contribution >= 4 is 10.8 Å². The smallest absolute Gasteiger partial charge is 0.0991 e. The maximum atomic E-state index is 12.2. The predicted octanol–water partition coefficient (Wildman–Crippen LogP) is 1.98. The Bertz CT molecular complexity index is 467. The van der Waals surface area contributed by atoms with Gasteiger partial charge in [-0.05, 0) is 31.0 Å². The number of hydrogen-bond donors (Lipinski definition) is 0. The number of nitrogens with zero attached hydrogens (tertiary/aromatic N) is 1. The van der Waals surface area contributed by atoms with Crippen LogP contribution in [0, 0.1) is 11.3 Å². The summed E-state index contributed by atoms with van der Waals surface area (Å²) in [5.74, 6) is 0.508. The van der Waals surface area contributed by atoms with Crippen LogP contribution in [0.4, 0.5) is 0 Å². The molecule has 1 heterocycles. The van der Waals surface area contributed by atoms with Crippen molar-refractivity contribution < 1.29 is 8.95 Å². The molecule has 17 heavy (non-hydrogen) atoms. The summed E-state index contributed by atoms with van der Waals surface area (Å²) in [5.41, 5.74) is 1.58. The Morgan fingerprint density at radius 2 is 2.41 bits per heavy atom. The van der Waals surface area contributed by atoms with Crippen molar-refractivity contribution in [3.63, 3.8) is 0 Å². The molecule has 0 amide bonds. The third kappa shape index (κ3) is 2.93. The number of hydrogen-bond acceptors (Lipinski definition) is 3. The lowest BCUT2D eigenvalue weighted by Gasteiger charge is -2.13. The lowest BCUT2D eigenvalue weighted by atomic mass is 10.2. The molecule has 1 saturated heterocycles. The molecule has 3 nitrogen and oxygen atoms in total. The molecule has 0 saturated carbocycles. The summed E-state index contributed by atoms with van der Waals surface area (Å²) in [7, 11) is -0.921. The monoisotopic (exact) mass is 249 g/mol. The van der Waals surface area contributed by atoms with Crippen molar-refractivity contribution in [2.45, 2.75) is 30.5 Å². The average Bonchev–Trinajstić information content (AvgIpc) is 2.76. The molecule has 1 aliphatic heterocycles. The van der Waals surface area contributed by atoms with Gasteiger partial charge in [0.2, 0.25) is 0 Å². The van der Waals surface area contributed by atoms with Crippen molar-refractivity contribution in [1.29, 1.82) is 5.26 Å². The first-order valence-electron chi connectivity index (χ1n) is 5.68. The van der Waals surface area contributed by atoms with Crippen LogP contribution >= 0.6 is 0 Å². The first-order valence-corrected chi connectivity index (χ1v) is 7.06. The topological polar surface area (TPSA) is 50.1 Å². The largest absolute Gasteiger partial charge is 0.377 e. The third-order valence-corrected chi connectivity index (χ3v) is 4.92. The van der Waals surface area contributed by atoms with Crippen LogP contribution in [0.3, 0.4) is 0 Å². The van der Waals surface area contributed by atoms with Crippen LogP contribution in [0.25, 0.3) is 0 Å². The highest BCUT2D eigenvalue weighted by molar-refractivity contribution is 7.84. The fourth-order valence-corrected chi connectivity index (χ4v) is 3.65. The Morgan fingerprint density at radius 3 is 3.06 bits per heavy atom. The average molecular weight is 249 g/mol. The molecule has 0 aliphatic carbocycles. The van der Waals surface area contributed by atoms with Gasteiger partial charge in [-0.1, -0.05) is 12.1 Å². The van der Waals surface area contributed by atoms with Crippen molar-refractivity contribution in [2.24, 2.45) is 0 Å². The summed E-state index contributed by atoms with van der Waals surface area (Å²) < 4.78 is 17.6. The van der Waals surface area contributed by atoms with E-state index in [1.165, 1.54) is 0 Å². The minimum atomic E-state index is -0.921. The molecule has 1 aromatic rings. The molecule has 1 aliphatic rings. The van der Waals surface area contributed by atoms with Gasteiger partial charge in [0.15, 0.2) is 0 Å². The van der Waals surface area contributed by atoms with E-state index >= 15 is 0 Å². The highest BCUT2D eigenvalue weighted by Gasteiger charge is 2.29. The minimum absolute atomic E-state index is 0.0787. The van der Waals surface area contributed by atoms with Crippen LogP contribution in [0.15, 0.2) is 24.3 Å². The van der Waals surface area contributed by atoms with Crippen molar-refractivity contribution in [2.75, 3.05) is 6.61 Å². The molecule has 3 atom stereocenters. The van der Waals surface area contributed by atoms with Crippen LogP contribution < -0.4 is 0 Å². The van der Waals surface area contributed by atoms with Gasteiger partial charge < -0.3 is 4.74 Å². The highest BCUT2D eigenvalue weighted by atomic mass is 32.2. The van der Waals surface area contributed by atoms with E-state index in [0.717, 1.165) is 12.0 Å². The lowest BCUT2D eigenvalue weighted by molar-refractivity contribution is 0.127. The molecule has 0 spiro atoms. The van der Waals surface area contributed by atoms with Crippen molar-refractivity contribution in [3.05, 3.63) is 35.4 Å². The molecule has 0 aromatic heterocycles. The molecule has 1 fully saturated rings. The quantitative estimate of drug-likeness (QED) is 0.823. The second-order valence-corrected chi connectivity index (χ2v) is 5.90. The molecular formula is C13H15NO2S. The van der Waals surface area contributed by atoms with E-state index in [0.29, 0.717) is 17.9 Å². The Kier molecular flexibility index (Phi) is 3.93.